The molecule has 100 valence electrons. The Kier molecular flexibility index (Phi) is 3.86. The summed E-state index contributed by atoms with van der Waals surface area (Å²) < 4.78 is 9.33. The molecule has 2 heterocycles. The maximum absolute atomic E-state index is 5.97. The molecule has 2 aromatic rings. The number of rotatable bonds is 6. The van der Waals surface area contributed by atoms with Crippen molar-refractivity contribution in [2.45, 2.75) is 40.3 Å². The van der Waals surface area contributed by atoms with Crippen LogP contribution in [0.5, 0.6) is 0 Å². The Morgan fingerprint density at radius 1 is 1.33 bits per heavy atom. The van der Waals surface area contributed by atoms with Crippen LogP contribution in [0.1, 0.15) is 26.0 Å². The van der Waals surface area contributed by atoms with E-state index in [1.807, 2.05) is 23.1 Å². The van der Waals surface area contributed by atoms with Gasteiger partial charge in [-0.3, -0.25) is 4.57 Å². The first kappa shape index (κ1) is 12.9. The monoisotopic (exact) mass is 251 g/mol. The number of nitrogens with zero attached hydrogens (tertiary/aromatic N) is 4. The number of ether oxygens (including phenoxy) is 1. The van der Waals surface area contributed by atoms with Gasteiger partial charge in [-0.2, -0.15) is 5.10 Å². The van der Waals surface area contributed by atoms with Crippen molar-refractivity contribution in [1.29, 1.82) is 0 Å². The molecule has 2 aromatic heterocycles. The van der Waals surface area contributed by atoms with Gasteiger partial charge in [0.05, 0.1) is 5.69 Å². The molecule has 0 saturated heterocycles. The average molecular weight is 251 g/mol. The summed E-state index contributed by atoms with van der Waals surface area (Å²) in [5.74, 6) is 0.559. The quantitative estimate of drug-likeness (QED) is 0.791. The molecule has 0 saturated carbocycles. The molecular formula is C12H21N5O. The van der Waals surface area contributed by atoms with Crippen molar-refractivity contribution in [2.75, 3.05) is 18.9 Å². The number of imidazole rings is 1. The van der Waals surface area contributed by atoms with Crippen LogP contribution in [0.4, 0.5) is 5.95 Å². The first-order chi connectivity index (χ1) is 8.69. The van der Waals surface area contributed by atoms with E-state index < -0.39 is 0 Å². The van der Waals surface area contributed by atoms with Crippen molar-refractivity contribution in [2.24, 2.45) is 0 Å². The highest BCUT2D eigenvalue weighted by Gasteiger charge is 2.16. The van der Waals surface area contributed by atoms with Crippen LogP contribution in [0.25, 0.3) is 11.2 Å². The van der Waals surface area contributed by atoms with E-state index in [4.69, 9.17) is 10.5 Å². The van der Waals surface area contributed by atoms with Gasteiger partial charge in [0, 0.05) is 26.3 Å². The number of nitrogen functional groups attached to an aromatic ring is 1. The number of fused-ring (bicyclic) bond motifs is 1. The lowest BCUT2D eigenvalue weighted by Gasteiger charge is -2.07. The summed E-state index contributed by atoms with van der Waals surface area (Å²) in [6.07, 6.45) is 0.928. The van der Waals surface area contributed by atoms with E-state index in [1.165, 1.54) is 0 Å². The minimum atomic E-state index is 0.559. The van der Waals surface area contributed by atoms with Gasteiger partial charge in [0.25, 0.3) is 0 Å². The number of nitrogens with two attached hydrogens (primary N) is 1. The molecule has 6 nitrogen and oxygen atoms in total. The smallest absolute Gasteiger partial charge is 0.202 e. The van der Waals surface area contributed by atoms with E-state index in [0.717, 1.165) is 49.6 Å². The number of anilines is 1. The minimum Gasteiger partial charge on any atom is -0.382 e. The van der Waals surface area contributed by atoms with Crippen LogP contribution >= 0.6 is 0 Å². The summed E-state index contributed by atoms with van der Waals surface area (Å²) in [6, 6.07) is 0. The third-order valence-electron chi connectivity index (χ3n) is 3.00. The standard InChI is InChI=1S/C12H21N5O/c1-4-17-11-10(9(3)15-17)14-12(13)16(11)7-6-8-18-5-2/h4-8H2,1-3H3,(H2,13,14). The molecule has 0 spiro atoms. The highest BCUT2D eigenvalue weighted by atomic mass is 16.5. The first-order valence-electron chi connectivity index (χ1n) is 6.45. The molecule has 18 heavy (non-hydrogen) atoms. The van der Waals surface area contributed by atoms with Gasteiger partial charge >= 0.3 is 0 Å². The Morgan fingerprint density at radius 2 is 2.11 bits per heavy atom. The summed E-state index contributed by atoms with van der Waals surface area (Å²) in [5, 5.41) is 4.46. The van der Waals surface area contributed by atoms with Crippen molar-refractivity contribution < 1.29 is 4.74 Å². The van der Waals surface area contributed by atoms with Gasteiger partial charge in [0.15, 0.2) is 5.65 Å². The number of hydrogen-bond acceptors (Lipinski definition) is 4. The molecule has 0 unspecified atom stereocenters. The van der Waals surface area contributed by atoms with Gasteiger partial charge < -0.3 is 10.5 Å². The largest absolute Gasteiger partial charge is 0.382 e. The van der Waals surface area contributed by atoms with Crippen LogP contribution in [-0.2, 0) is 17.8 Å². The highest BCUT2D eigenvalue weighted by molar-refractivity contribution is 5.77. The second kappa shape index (κ2) is 5.39. The van der Waals surface area contributed by atoms with Crippen molar-refractivity contribution in [1.82, 2.24) is 19.3 Å². The zero-order valence-corrected chi connectivity index (χ0v) is 11.3. The summed E-state index contributed by atoms with van der Waals surface area (Å²) in [7, 11) is 0. The maximum Gasteiger partial charge on any atom is 0.202 e. The lowest BCUT2D eigenvalue weighted by Crippen LogP contribution is -2.10. The summed E-state index contributed by atoms with van der Waals surface area (Å²) in [4.78, 5) is 4.40. The Labute approximate surface area is 107 Å². The van der Waals surface area contributed by atoms with E-state index in [0.29, 0.717) is 5.95 Å². The Balaban J connectivity index is 2.27. The van der Waals surface area contributed by atoms with Gasteiger partial charge in [-0.15, -0.1) is 0 Å². The fraction of sp³-hybridized carbons (Fsp3) is 0.667. The number of aromatic nitrogens is 4. The fourth-order valence-electron chi connectivity index (χ4n) is 2.15. The van der Waals surface area contributed by atoms with Crippen LogP contribution < -0.4 is 5.73 Å². The van der Waals surface area contributed by atoms with Crippen LogP contribution in [0.2, 0.25) is 0 Å². The second-order valence-corrected chi connectivity index (χ2v) is 4.25. The van der Waals surface area contributed by atoms with Crippen LogP contribution in [0.3, 0.4) is 0 Å². The van der Waals surface area contributed by atoms with E-state index in [9.17, 15) is 0 Å². The molecule has 0 radical (unpaired) electrons. The van der Waals surface area contributed by atoms with Crippen LogP contribution in [-0.4, -0.2) is 32.5 Å². The zero-order valence-electron chi connectivity index (χ0n) is 11.3. The Hall–Kier alpha value is -1.56. The van der Waals surface area contributed by atoms with Gasteiger partial charge in [-0.1, -0.05) is 0 Å². The maximum atomic E-state index is 5.97. The van der Waals surface area contributed by atoms with Crippen LogP contribution in [0, 0.1) is 6.92 Å². The number of hydrogen-bond donors (Lipinski definition) is 1. The molecule has 6 heteroatoms. The molecule has 0 aromatic carbocycles. The summed E-state index contributed by atoms with van der Waals surface area (Å²) in [5.41, 5.74) is 8.83. The molecule has 0 aliphatic heterocycles. The Morgan fingerprint density at radius 3 is 2.78 bits per heavy atom. The molecule has 0 bridgehead atoms. The molecule has 0 fully saturated rings. The zero-order chi connectivity index (χ0) is 13.1. The predicted molar refractivity (Wildman–Crippen MR) is 71.5 cm³/mol. The molecule has 0 aliphatic carbocycles. The summed E-state index contributed by atoms with van der Waals surface area (Å²) >= 11 is 0. The van der Waals surface area contributed by atoms with E-state index in [-0.39, 0.29) is 0 Å². The lowest BCUT2D eigenvalue weighted by molar-refractivity contribution is 0.142. The number of aryl methyl sites for hydroxylation is 3. The van der Waals surface area contributed by atoms with Gasteiger partial charge in [0.1, 0.15) is 5.52 Å². The van der Waals surface area contributed by atoms with Gasteiger partial charge in [0.2, 0.25) is 5.95 Å². The molecule has 0 amide bonds. The SMILES string of the molecule is CCOCCCn1c(N)nc2c(C)nn(CC)c21. The molecule has 0 aliphatic rings. The molecular weight excluding hydrogens is 230 g/mol. The van der Waals surface area contributed by atoms with Gasteiger partial charge in [-0.25, -0.2) is 9.67 Å². The Bertz CT molecular complexity index is 528. The second-order valence-electron chi connectivity index (χ2n) is 4.25. The van der Waals surface area contributed by atoms with Crippen molar-refractivity contribution in [3.05, 3.63) is 5.69 Å². The molecule has 2 rings (SSSR count). The van der Waals surface area contributed by atoms with Crippen molar-refractivity contribution in [3.63, 3.8) is 0 Å². The minimum absolute atomic E-state index is 0.559. The normalized spacial score (nSPS) is 11.5. The third-order valence-corrected chi connectivity index (χ3v) is 3.00. The van der Waals surface area contributed by atoms with Crippen molar-refractivity contribution >= 4 is 17.1 Å². The topological polar surface area (TPSA) is 70.9 Å². The average Bonchev–Trinajstić information content (AvgIpc) is 2.83. The summed E-state index contributed by atoms with van der Waals surface area (Å²) in [6.45, 7) is 9.16. The lowest BCUT2D eigenvalue weighted by atomic mass is 10.4. The molecule has 0 atom stereocenters. The predicted octanol–water partition coefficient (Wildman–Crippen LogP) is 1.57. The van der Waals surface area contributed by atoms with Gasteiger partial charge in [-0.05, 0) is 27.2 Å². The van der Waals surface area contributed by atoms with E-state index in [2.05, 4.69) is 17.0 Å². The third kappa shape index (κ3) is 2.20. The molecule has 2 N–H and O–H groups in total. The highest BCUT2D eigenvalue weighted by Crippen LogP contribution is 2.21. The first-order valence-corrected chi connectivity index (χ1v) is 6.45. The van der Waals surface area contributed by atoms with E-state index >= 15 is 0 Å². The van der Waals surface area contributed by atoms with Crippen molar-refractivity contribution in [3.8, 4) is 0 Å². The fourth-order valence-corrected chi connectivity index (χ4v) is 2.15. The van der Waals surface area contributed by atoms with Crippen LogP contribution in [0.15, 0.2) is 0 Å². The van der Waals surface area contributed by atoms with E-state index in [1.54, 1.807) is 0 Å².